The normalized spacial score (nSPS) is 59.1. The molecule has 0 aromatic heterocycles. The fourth-order valence-electron chi connectivity index (χ4n) is 8.52. The van der Waals surface area contributed by atoms with Crippen LogP contribution in [0, 0.1) is 40.4 Å². The van der Waals surface area contributed by atoms with Gasteiger partial charge in [-0.05, 0) is 74.0 Å². The molecule has 6 nitrogen and oxygen atoms in total. The highest BCUT2D eigenvalue weighted by molar-refractivity contribution is 5.83. The summed E-state index contributed by atoms with van der Waals surface area (Å²) in [7, 11) is 0. The highest BCUT2D eigenvalue weighted by Crippen LogP contribution is 2.71. The van der Waals surface area contributed by atoms with Gasteiger partial charge in [0.05, 0.1) is 18.3 Å². The zero-order valence-corrected chi connectivity index (χ0v) is 16.0. The Morgan fingerprint density at radius 3 is 2.59 bits per heavy atom. The number of aliphatic hydroxyl groups excluding tert-OH is 4. The van der Waals surface area contributed by atoms with Gasteiger partial charge in [0, 0.05) is 11.3 Å². The summed E-state index contributed by atoms with van der Waals surface area (Å²) in [5, 5.41) is 41.0. The molecule has 1 aliphatic heterocycles. The molecule has 1 heterocycles. The van der Waals surface area contributed by atoms with E-state index in [1.807, 2.05) is 0 Å². The Labute approximate surface area is 159 Å². The highest BCUT2D eigenvalue weighted by Gasteiger charge is 2.72. The van der Waals surface area contributed by atoms with Crippen LogP contribution in [-0.4, -0.2) is 57.4 Å². The van der Waals surface area contributed by atoms with Gasteiger partial charge in [-0.25, -0.2) is 0 Å². The molecule has 1 spiro atoms. The maximum atomic E-state index is 12.4. The van der Waals surface area contributed by atoms with Gasteiger partial charge in [-0.2, -0.15) is 0 Å². The lowest BCUT2D eigenvalue weighted by Gasteiger charge is -2.60. The third-order valence-corrected chi connectivity index (χ3v) is 9.51. The quantitative estimate of drug-likeness (QED) is 0.566. The summed E-state index contributed by atoms with van der Waals surface area (Å²) in [5.41, 5.74) is -0.650. The van der Waals surface area contributed by atoms with Crippen molar-refractivity contribution in [2.75, 3.05) is 6.61 Å². The van der Waals surface area contributed by atoms with Crippen molar-refractivity contribution in [1.29, 1.82) is 0 Å². The van der Waals surface area contributed by atoms with Crippen molar-refractivity contribution in [3.8, 4) is 0 Å². The van der Waals surface area contributed by atoms with Crippen LogP contribution in [0.5, 0.6) is 0 Å². The van der Waals surface area contributed by atoms with E-state index in [-0.39, 0.29) is 35.1 Å². The zero-order chi connectivity index (χ0) is 19.1. The first-order valence-corrected chi connectivity index (χ1v) is 10.7. The minimum Gasteiger partial charge on any atom is -0.390 e. The molecule has 5 rings (SSSR count). The molecule has 27 heavy (non-hydrogen) atoms. The van der Waals surface area contributed by atoms with E-state index in [9.17, 15) is 25.2 Å². The van der Waals surface area contributed by atoms with Gasteiger partial charge in [-0.15, -0.1) is 0 Å². The topological polar surface area (TPSA) is 107 Å². The Hall–Kier alpha value is -0.530. The zero-order valence-electron chi connectivity index (χ0n) is 16.0. The Morgan fingerprint density at radius 1 is 1.07 bits per heavy atom. The smallest absolute Gasteiger partial charge is 0.162 e. The van der Waals surface area contributed by atoms with E-state index in [0.717, 1.165) is 25.7 Å². The van der Waals surface area contributed by atoms with Gasteiger partial charge in [0.1, 0.15) is 6.61 Å². The van der Waals surface area contributed by atoms with Crippen LogP contribution < -0.4 is 0 Å². The van der Waals surface area contributed by atoms with Crippen LogP contribution in [0.3, 0.4) is 0 Å². The molecule has 0 aromatic rings. The molecule has 2 bridgehead atoms. The van der Waals surface area contributed by atoms with E-state index in [2.05, 4.69) is 6.92 Å². The molecule has 5 fully saturated rings. The second-order valence-electron chi connectivity index (χ2n) is 10.2. The van der Waals surface area contributed by atoms with Crippen LogP contribution in [0.15, 0.2) is 0 Å². The molecular weight excluding hydrogens is 348 g/mol. The van der Waals surface area contributed by atoms with Gasteiger partial charge >= 0.3 is 0 Å². The second-order valence-corrected chi connectivity index (χ2v) is 10.2. The van der Waals surface area contributed by atoms with Crippen LogP contribution in [0.25, 0.3) is 0 Å². The van der Waals surface area contributed by atoms with Crippen molar-refractivity contribution in [1.82, 2.24) is 0 Å². The van der Waals surface area contributed by atoms with Gasteiger partial charge in [0.2, 0.25) is 0 Å². The van der Waals surface area contributed by atoms with E-state index in [1.165, 1.54) is 0 Å². The van der Waals surface area contributed by atoms with E-state index < -0.39 is 30.5 Å². The maximum Gasteiger partial charge on any atom is 0.162 e. The first kappa shape index (κ1) is 18.5. The molecule has 4 N–H and O–H groups in total. The van der Waals surface area contributed by atoms with E-state index in [0.29, 0.717) is 31.1 Å². The van der Waals surface area contributed by atoms with E-state index in [1.54, 1.807) is 0 Å². The summed E-state index contributed by atoms with van der Waals surface area (Å²) in [6, 6.07) is 0. The highest BCUT2D eigenvalue weighted by atomic mass is 16.6. The third kappa shape index (κ3) is 2.22. The summed E-state index contributed by atoms with van der Waals surface area (Å²) < 4.78 is 6.14. The summed E-state index contributed by atoms with van der Waals surface area (Å²) in [6.07, 6.45) is 3.18. The number of aliphatic hydroxyl groups is 4. The lowest BCUT2D eigenvalue weighted by Crippen LogP contribution is -2.60. The molecule has 152 valence electrons. The van der Waals surface area contributed by atoms with Gasteiger partial charge in [0.15, 0.2) is 12.1 Å². The largest absolute Gasteiger partial charge is 0.390 e. The molecule has 0 radical (unpaired) electrons. The SMILES string of the molecule is CC12CC(O)C(O)CC1CCC1C2C2CC3(C(O)O2)C(C(=O)CO)CCC13. The van der Waals surface area contributed by atoms with Crippen molar-refractivity contribution in [3.63, 3.8) is 0 Å². The summed E-state index contributed by atoms with van der Waals surface area (Å²) in [6.45, 7) is 1.78. The number of ether oxygens (including phenoxy) is 1. The Kier molecular flexibility index (Phi) is 4.10. The standard InChI is InChI=1S/C21H32O6/c1-20-7-15(24)14(23)6-10(20)2-3-11-12-4-5-13(16(25)9-22)21(12)8-17(18(11)20)27-19(21)26/h10-15,17-19,22-24,26H,2-9H2,1H3. The monoisotopic (exact) mass is 380 g/mol. The van der Waals surface area contributed by atoms with Crippen LogP contribution in [0.4, 0.5) is 0 Å². The van der Waals surface area contributed by atoms with Crippen molar-refractivity contribution in [2.24, 2.45) is 40.4 Å². The Bertz CT molecular complexity index is 638. The first-order chi connectivity index (χ1) is 12.8. The predicted octanol–water partition coefficient (Wildman–Crippen LogP) is 0.846. The van der Waals surface area contributed by atoms with Gasteiger partial charge in [0.25, 0.3) is 0 Å². The van der Waals surface area contributed by atoms with Crippen LogP contribution in [0.1, 0.15) is 51.9 Å². The molecular formula is C21H32O6. The first-order valence-electron chi connectivity index (χ1n) is 10.7. The molecule has 6 heteroatoms. The average molecular weight is 380 g/mol. The lowest BCUT2D eigenvalue weighted by atomic mass is 9.44. The number of hydrogen-bond donors (Lipinski definition) is 4. The minimum absolute atomic E-state index is 0.108. The number of rotatable bonds is 2. The van der Waals surface area contributed by atoms with Crippen molar-refractivity contribution in [3.05, 3.63) is 0 Å². The molecule has 0 aromatic carbocycles. The van der Waals surface area contributed by atoms with E-state index in [4.69, 9.17) is 4.74 Å². The number of hydrogen-bond acceptors (Lipinski definition) is 6. The van der Waals surface area contributed by atoms with Crippen molar-refractivity contribution in [2.45, 2.75) is 76.5 Å². The Morgan fingerprint density at radius 2 is 1.85 bits per heavy atom. The molecule has 11 atom stereocenters. The molecule has 0 amide bonds. The fourth-order valence-corrected chi connectivity index (χ4v) is 8.52. The Balaban J connectivity index is 1.53. The number of fused-ring (bicyclic) bond motifs is 6. The molecule has 5 aliphatic rings. The van der Waals surface area contributed by atoms with E-state index >= 15 is 0 Å². The second kappa shape index (κ2) is 5.99. The lowest BCUT2D eigenvalue weighted by molar-refractivity contribution is -0.176. The van der Waals surface area contributed by atoms with Crippen LogP contribution in [0.2, 0.25) is 0 Å². The number of carbonyl (C=O) groups is 1. The number of ketones is 1. The molecule has 4 aliphatic carbocycles. The summed E-state index contributed by atoms with van der Waals surface area (Å²) in [4.78, 5) is 12.4. The number of carbonyl (C=O) groups excluding carboxylic acids is 1. The molecule has 4 saturated carbocycles. The molecule has 1 saturated heterocycles. The number of Topliss-reactive ketones (excluding diaryl/α,β-unsaturated/α-hetero) is 1. The minimum atomic E-state index is -0.942. The van der Waals surface area contributed by atoms with Gasteiger partial charge in [-0.1, -0.05) is 6.92 Å². The van der Waals surface area contributed by atoms with Crippen molar-refractivity contribution >= 4 is 5.78 Å². The maximum absolute atomic E-state index is 12.4. The van der Waals surface area contributed by atoms with Gasteiger partial charge in [-0.3, -0.25) is 4.79 Å². The molecule has 11 unspecified atom stereocenters. The van der Waals surface area contributed by atoms with Gasteiger partial charge < -0.3 is 25.2 Å². The van der Waals surface area contributed by atoms with Crippen LogP contribution >= 0.6 is 0 Å². The summed E-state index contributed by atoms with van der Waals surface area (Å²) in [5.74, 6) is 0.756. The fraction of sp³-hybridized carbons (Fsp3) is 0.952. The average Bonchev–Trinajstić information content (AvgIpc) is 3.15. The summed E-state index contributed by atoms with van der Waals surface area (Å²) >= 11 is 0. The predicted molar refractivity (Wildman–Crippen MR) is 95.3 cm³/mol. The van der Waals surface area contributed by atoms with Crippen LogP contribution in [-0.2, 0) is 9.53 Å². The van der Waals surface area contributed by atoms with Crippen molar-refractivity contribution < 1.29 is 30.0 Å². The third-order valence-electron chi connectivity index (χ3n) is 9.51.